The summed E-state index contributed by atoms with van der Waals surface area (Å²) in [5.74, 6) is 0.530. The number of aromatic nitrogens is 2. The second-order valence-corrected chi connectivity index (χ2v) is 7.20. The van der Waals surface area contributed by atoms with Crippen LogP contribution in [0.1, 0.15) is 17.0 Å². The minimum absolute atomic E-state index is 0.0307. The number of nitrogens with one attached hydrogen (secondary N) is 1. The molecule has 30 heavy (non-hydrogen) atoms. The van der Waals surface area contributed by atoms with Crippen molar-refractivity contribution in [1.82, 2.24) is 15.0 Å². The second-order valence-electron chi connectivity index (χ2n) is 6.76. The van der Waals surface area contributed by atoms with E-state index < -0.39 is 0 Å². The maximum absolute atomic E-state index is 12.5. The van der Waals surface area contributed by atoms with Gasteiger partial charge < -0.3 is 9.67 Å². The van der Waals surface area contributed by atoms with Gasteiger partial charge in [-0.25, -0.2) is 10.4 Å². The summed E-state index contributed by atoms with van der Waals surface area (Å²) >= 11 is 5.92. The van der Waals surface area contributed by atoms with Crippen molar-refractivity contribution in [2.24, 2.45) is 5.10 Å². The third kappa shape index (κ3) is 4.50. The molecule has 0 unspecified atom stereocenters. The summed E-state index contributed by atoms with van der Waals surface area (Å²) in [7, 11) is 0. The highest BCUT2D eigenvalue weighted by Gasteiger charge is 2.14. The van der Waals surface area contributed by atoms with Crippen molar-refractivity contribution in [1.29, 1.82) is 0 Å². The molecule has 0 aliphatic rings. The monoisotopic (exact) mass is 418 g/mol. The van der Waals surface area contributed by atoms with E-state index in [1.165, 1.54) is 12.3 Å². The third-order valence-corrected chi connectivity index (χ3v) is 4.86. The molecule has 0 saturated heterocycles. The van der Waals surface area contributed by atoms with Crippen molar-refractivity contribution >= 4 is 34.8 Å². The van der Waals surface area contributed by atoms with Crippen LogP contribution in [0.25, 0.3) is 11.0 Å². The molecule has 150 valence electrons. The first kappa shape index (κ1) is 19.7. The first-order valence-corrected chi connectivity index (χ1v) is 9.76. The Labute approximate surface area is 178 Å². The average Bonchev–Trinajstić information content (AvgIpc) is 3.08. The summed E-state index contributed by atoms with van der Waals surface area (Å²) in [6, 6.07) is 22.3. The number of phenolic OH excluding ortho intramolecular Hbond substituents is 1. The van der Waals surface area contributed by atoms with E-state index in [0.29, 0.717) is 17.0 Å². The van der Waals surface area contributed by atoms with Gasteiger partial charge in [0, 0.05) is 17.0 Å². The fraction of sp³-hybridized carbons (Fsp3) is 0.0870. The highest BCUT2D eigenvalue weighted by molar-refractivity contribution is 6.30. The van der Waals surface area contributed by atoms with Gasteiger partial charge in [0.2, 0.25) is 0 Å². The van der Waals surface area contributed by atoms with Crippen LogP contribution in [0.5, 0.6) is 5.75 Å². The highest BCUT2D eigenvalue weighted by Crippen LogP contribution is 2.20. The van der Waals surface area contributed by atoms with Gasteiger partial charge >= 0.3 is 0 Å². The van der Waals surface area contributed by atoms with Gasteiger partial charge in [-0.15, -0.1) is 0 Å². The molecule has 6 nitrogen and oxygen atoms in total. The molecule has 0 radical (unpaired) electrons. The van der Waals surface area contributed by atoms with Crippen LogP contribution in [0.3, 0.4) is 0 Å². The maximum atomic E-state index is 12.5. The number of imidazole rings is 1. The molecular weight excluding hydrogens is 400 g/mol. The van der Waals surface area contributed by atoms with Gasteiger partial charge in [-0.2, -0.15) is 5.10 Å². The van der Waals surface area contributed by atoms with E-state index in [9.17, 15) is 9.90 Å². The minimum atomic E-state index is -0.301. The first-order valence-electron chi connectivity index (χ1n) is 9.38. The van der Waals surface area contributed by atoms with Gasteiger partial charge in [-0.1, -0.05) is 54.1 Å². The molecule has 7 heteroatoms. The van der Waals surface area contributed by atoms with Crippen molar-refractivity contribution in [2.75, 3.05) is 0 Å². The molecule has 0 aliphatic heterocycles. The number of amides is 1. The summed E-state index contributed by atoms with van der Waals surface area (Å²) in [6.45, 7) is 0.0710. The summed E-state index contributed by atoms with van der Waals surface area (Å²) in [4.78, 5) is 17.2. The standard InChI is InChI=1S/C23H19ClN4O2/c24-18-10-11-21(29)17(13-18)14-25-27-23(30)15-28-20-9-5-4-8-19(20)26-22(28)12-16-6-2-1-3-7-16/h1-11,13-14,29H,12,15H2,(H,27,30). The molecule has 0 atom stereocenters. The molecule has 1 amide bonds. The number of hydrogen-bond donors (Lipinski definition) is 2. The zero-order valence-electron chi connectivity index (χ0n) is 16.0. The van der Waals surface area contributed by atoms with Crippen LogP contribution in [-0.4, -0.2) is 26.8 Å². The normalized spacial score (nSPS) is 11.2. The summed E-state index contributed by atoms with van der Waals surface area (Å²) < 4.78 is 1.89. The van der Waals surface area contributed by atoms with Crippen molar-refractivity contribution < 1.29 is 9.90 Å². The number of aromatic hydroxyl groups is 1. The smallest absolute Gasteiger partial charge is 0.260 e. The number of para-hydroxylation sites is 2. The van der Waals surface area contributed by atoms with Gasteiger partial charge in [-0.05, 0) is 35.9 Å². The Kier molecular flexibility index (Phi) is 5.77. The average molecular weight is 419 g/mol. The number of rotatable bonds is 6. The molecule has 0 aliphatic carbocycles. The number of hydrazone groups is 1. The van der Waals surface area contributed by atoms with E-state index in [4.69, 9.17) is 16.6 Å². The van der Waals surface area contributed by atoms with Crippen LogP contribution in [0.4, 0.5) is 0 Å². The first-order chi connectivity index (χ1) is 14.6. The molecule has 0 bridgehead atoms. The fourth-order valence-electron chi connectivity index (χ4n) is 3.20. The lowest BCUT2D eigenvalue weighted by Gasteiger charge is -2.08. The maximum Gasteiger partial charge on any atom is 0.260 e. The van der Waals surface area contributed by atoms with Crippen LogP contribution in [0.2, 0.25) is 5.02 Å². The lowest BCUT2D eigenvalue weighted by molar-refractivity contribution is -0.121. The zero-order valence-corrected chi connectivity index (χ0v) is 16.8. The van der Waals surface area contributed by atoms with Gasteiger partial charge in [0.1, 0.15) is 18.1 Å². The fourth-order valence-corrected chi connectivity index (χ4v) is 3.38. The molecule has 1 heterocycles. The summed E-state index contributed by atoms with van der Waals surface area (Å²) in [5, 5.41) is 14.2. The molecular formula is C23H19ClN4O2. The Balaban J connectivity index is 1.53. The van der Waals surface area contributed by atoms with Crippen LogP contribution >= 0.6 is 11.6 Å². The molecule has 2 N–H and O–H groups in total. The van der Waals surface area contributed by atoms with E-state index >= 15 is 0 Å². The number of carbonyl (C=O) groups excluding carboxylic acids is 1. The van der Waals surface area contributed by atoms with Gasteiger partial charge in [-0.3, -0.25) is 4.79 Å². The SMILES string of the molecule is O=C(Cn1c(Cc2ccccc2)nc2ccccc21)NN=Cc1cc(Cl)ccc1O. The number of carbonyl (C=O) groups is 1. The zero-order chi connectivity index (χ0) is 20.9. The summed E-state index contributed by atoms with van der Waals surface area (Å²) in [5.41, 5.74) is 5.75. The predicted molar refractivity (Wildman–Crippen MR) is 118 cm³/mol. The minimum Gasteiger partial charge on any atom is -0.507 e. The second kappa shape index (κ2) is 8.80. The highest BCUT2D eigenvalue weighted by atomic mass is 35.5. The predicted octanol–water partition coefficient (Wildman–Crippen LogP) is 4.14. The largest absolute Gasteiger partial charge is 0.507 e. The molecule has 1 aromatic heterocycles. The van der Waals surface area contributed by atoms with E-state index in [1.54, 1.807) is 12.1 Å². The Morgan fingerprint density at radius 1 is 1.10 bits per heavy atom. The third-order valence-electron chi connectivity index (χ3n) is 4.62. The lowest BCUT2D eigenvalue weighted by atomic mass is 10.1. The molecule has 0 spiro atoms. The van der Waals surface area contributed by atoms with E-state index in [-0.39, 0.29) is 18.2 Å². The quantitative estimate of drug-likeness (QED) is 0.365. The van der Waals surface area contributed by atoms with Crippen LogP contribution < -0.4 is 5.43 Å². The van der Waals surface area contributed by atoms with Gasteiger partial charge in [0.25, 0.3) is 5.91 Å². The number of phenols is 1. The molecule has 0 saturated carbocycles. The number of halogens is 1. The van der Waals surface area contributed by atoms with E-state index in [2.05, 4.69) is 10.5 Å². The van der Waals surface area contributed by atoms with Crippen LogP contribution in [0.15, 0.2) is 77.9 Å². The molecule has 4 rings (SSSR count). The topological polar surface area (TPSA) is 79.5 Å². The Morgan fingerprint density at radius 3 is 2.70 bits per heavy atom. The van der Waals surface area contributed by atoms with Gasteiger partial charge in [0.05, 0.1) is 17.2 Å². The van der Waals surface area contributed by atoms with Crippen LogP contribution in [-0.2, 0) is 17.8 Å². The van der Waals surface area contributed by atoms with Crippen molar-refractivity contribution in [2.45, 2.75) is 13.0 Å². The van der Waals surface area contributed by atoms with Crippen LogP contribution in [0, 0.1) is 0 Å². The number of hydrogen-bond acceptors (Lipinski definition) is 4. The molecule has 0 fully saturated rings. The Morgan fingerprint density at radius 2 is 1.87 bits per heavy atom. The van der Waals surface area contributed by atoms with Crippen molar-refractivity contribution in [3.63, 3.8) is 0 Å². The van der Waals surface area contributed by atoms with E-state index in [0.717, 1.165) is 22.4 Å². The molecule has 3 aromatic carbocycles. The Bertz CT molecular complexity index is 1220. The van der Waals surface area contributed by atoms with Gasteiger partial charge in [0.15, 0.2) is 0 Å². The van der Waals surface area contributed by atoms with E-state index in [1.807, 2.05) is 59.2 Å². The number of nitrogens with zero attached hydrogens (tertiary/aromatic N) is 3. The Hall–Kier alpha value is -3.64. The number of benzene rings is 3. The molecule has 4 aromatic rings. The van der Waals surface area contributed by atoms with Crippen molar-refractivity contribution in [3.8, 4) is 5.75 Å². The number of fused-ring (bicyclic) bond motifs is 1. The van der Waals surface area contributed by atoms with Crippen molar-refractivity contribution in [3.05, 3.63) is 94.8 Å². The summed E-state index contributed by atoms with van der Waals surface area (Å²) in [6.07, 6.45) is 1.97. The lowest BCUT2D eigenvalue weighted by Crippen LogP contribution is -2.24.